The lowest BCUT2D eigenvalue weighted by Crippen LogP contribution is -3.00. The molecule has 0 aromatic heterocycles. The summed E-state index contributed by atoms with van der Waals surface area (Å²) in [5.41, 5.74) is 0. The van der Waals surface area contributed by atoms with Crippen molar-refractivity contribution in [2.75, 3.05) is 24.2 Å². The number of quaternary nitrogens is 1. The van der Waals surface area contributed by atoms with E-state index in [4.69, 9.17) is 6.42 Å². The SMILES string of the molecule is C#CC[N+](CI)(CCCCCCC)CCCCCCC.[Cl-]. The molecular weight excluding hydrogens is 393 g/mol. The van der Waals surface area contributed by atoms with Gasteiger partial charge in [-0.3, -0.25) is 0 Å². The standard InChI is InChI=1S/C18H35IN.ClH/c1-4-7-9-11-13-16-20(18-19,15-6-3)17-14-12-10-8-5-2;/h3H,4-5,7-18H2,1-2H3;1H/q+1;/p-1. The van der Waals surface area contributed by atoms with Gasteiger partial charge < -0.3 is 16.9 Å². The Morgan fingerprint density at radius 1 is 0.810 bits per heavy atom. The summed E-state index contributed by atoms with van der Waals surface area (Å²) in [7, 11) is 0. The van der Waals surface area contributed by atoms with Crippen molar-refractivity contribution in [1.29, 1.82) is 0 Å². The predicted octanol–water partition coefficient (Wildman–Crippen LogP) is 2.77. The highest BCUT2D eigenvalue weighted by Gasteiger charge is 2.23. The van der Waals surface area contributed by atoms with Crippen molar-refractivity contribution in [1.82, 2.24) is 0 Å². The lowest BCUT2D eigenvalue weighted by molar-refractivity contribution is -0.906. The number of halogens is 2. The molecule has 0 unspecified atom stereocenters. The van der Waals surface area contributed by atoms with Gasteiger partial charge in [-0.05, 0) is 54.2 Å². The number of nitrogens with zero attached hydrogens (tertiary/aromatic N) is 1. The zero-order valence-corrected chi connectivity index (χ0v) is 17.1. The summed E-state index contributed by atoms with van der Waals surface area (Å²) in [6.45, 7) is 8.04. The van der Waals surface area contributed by atoms with Gasteiger partial charge in [0.05, 0.1) is 13.1 Å². The first kappa shape index (κ1) is 23.8. The molecule has 0 amide bonds. The van der Waals surface area contributed by atoms with E-state index in [1.165, 1.54) is 81.8 Å². The minimum Gasteiger partial charge on any atom is -1.00 e. The maximum atomic E-state index is 5.63. The third-order valence-electron chi connectivity index (χ3n) is 4.15. The van der Waals surface area contributed by atoms with Crippen molar-refractivity contribution in [3.05, 3.63) is 0 Å². The molecule has 0 radical (unpaired) electrons. The predicted molar refractivity (Wildman–Crippen MR) is 100 cm³/mol. The first-order chi connectivity index (χ1) is 9.74. The van der Waals surface area contributed by atoms with E-state index in [9.17, 15) is 0 Å². The second kappa shape index (κ2) is 16.9. The number of alkyl halides is 1. The Morgan fingerprint density at radius 2 is 1.24 bits per heavy atom. The molecule has 0 spiro atoms. The number of hydrogen-bond donors (Lipinski definition) is 0. The highest BCUT2D eigenvalue weighted by Crippen LogP contribution is 2.17. The zero-order valence-electron chi connectivity index (χ0n) is 14.2. The summed E-state index contributed by atoms with van der Waals surface area (Å²) >= 11 is 2.54. The Bertz CT molecular complexity index is 236. The molecule has 0 saturated carbocycles. The summed E-state index contributed by atoms with van der Waals surface area (Å²) in [5.74, 6) is 2.93. The Morgan fingerprint density at radius 3 is 1.57 bits per heavy atom. The van der Waals surface area contributed by atoms with E-state index in [1.807, 2.05) is 0 Å². The van der Waals surface area contributed by atoms with Crippen LogP contribution < -0.4 is 12.4 Å². The molecule has 0 aromatic rings. The van der Waals surface area contributed by atoms with Crippen molar-refractivity contribution < 1.29 is 16.9 Å². The van der Waals surface area contributed by atoms with Crippen LogP contribution in [0.25, 0.3) is 0 Å². The molecule has 0 saturated heterocycles. The molecule has 1 nitrogen and oxygen atoms in total. The van der Waals surface area contributed by atoms with Crippen molar-refractivity contribution in [3.63, 3.8) is 0 Å². The highest BCUT2D eigenvalue weighted by molar-refractivity contribution is 14.1. The topological polar surface area (TPSA) is 0 Å². The van der Waals surface area contributed by atoms with Gasteiger partial charge in [0.2, 0.25) is 0 Å². The molecule has 3 heteroatoms. The molecule has 0 N–H and O–H groups in total. The van der Waals surface area contributed by atoms with Crippen molar-refractivity contribution in [2.24, 2.45) is 0 Å². The Hall–Kier alpha value is 0.540. The molecule has 0 heterocycles. The molecule has 126 valence electrons. The van der Waals surface area contributed by atoms with Gasteiger partial charge in [-0.1, -0.05) is 52.4 Å². The molecule has 0 aliphatic carbocycles. The van der Waals surface area contributed by atoms with E-state index in [0.29, 0.717) is 0 Å². The van der Waals surface area contributed by atoms with Crippen LogP contribution in [0.5, 0.6) is 0 Å². The fraction of sp³-hybridized carbons (Fsp3) is 0.889. The van der Waals surface area contributed by atoms with E-state index in [2.05, 4.69) is 42.4 Å². The Balaban J connectivity index is 0. The maximum absolute atomic E-state index is 5.63. The van der Waals surface area contributed by atoms with E-state index in [-0.39, 0.29) is 12.4 Å². The zero-order chi connectivity index (χ0) is 15.1. The maximum Gasteiger partial charge on any atom is 0.141 e. The smallest absolute Gasteiger partial charge is 0.141 e. The molecule has 0 aliphatic rings. The van der Waals surface area contributed by atoms with E-state index in [1.54, 1.807) is 0 Å². The van der Waals surface area contributed by atoms with Crippen LogP contribution in [-0.2, 0) is 0 Å². The molecule has 0 aromatic carbocycles. The fourth-order valence-electron chi connectivity index (χ4n) is 2.73. The van der Waals surface area contributed by atoms with Gasteiger partial charge in [-0.25, -0.2) is 0 Å². The summed E-state index contributed by atoms with van der Waals surface area (Å²) in [6, 6.07) is 0. The van der Waals surface area contributed by atoms with Crippen LogP contribution >= 0.6 is 22.6 Å². The summed E-state index contributed by atoms with van der Waals surface area (Å²) in [4.78, 5) is 0. The second-order valence-electron chi connectivity index (χ2n) is 6.10. The van der Waals surface area contributed by atoms with Gasteiger partial charge in [0.1, 0.15) is 11.1 Å². The lowest BCUT2D eigenvalue weighted by Gasteiger charge is -2.35. The van der Waals surface area contributed by atoms with Gasteiger partial charge >= 0.3 is 0 Å². The number of terminal acetylenes is 1. The van der Waals surface area contributed by atoms with Gasteiger partial charge in [-0.15, -0.1) is 6.42 Å². The monoisotopic (exact) mass is 427 g/mol. The van der Waals surface area contributed by atoms with E-state index >= 15 is 0 Å². The normalized spacial score (nSPS) is 11.0. The third kappa shape index (κ3) is 12.7. The van der Waals surface area contributed by atoms with Crippen LogP contribution in [0, 0.1) is 12.3 Å². The molecule has 21 heavy (non-hydrogen) atoms. The van der Waals surface area contributed by atoms with E-state index < -0.39 is 0 Å². The minimum absolute atomic E-state index is 0. The van der Waals surface area contributed by atoms with E-state index in [0.717, 1.165) is 11.0 Å². The van der Waals surface area contributed by atoms with Crippen molar-refractivity contribution >= 4 is 22.6 Å². The van der Waals surface area contributed by atoms with Crippen LogP contribution in [-0.4, -0.2) is 28.7 Å². The van der Waals surface area contributed by atoms with Crippen molar-refractivity contribution in [2.45, 2.75) is 78.1 Å². The highest BCUT2D eigenvalue weighted by atomic mass is 127. The lowest BCUT2D eigenvalue weighted by atomic mass is 10.1. The average molecular weight is 428 g/mol. The summed E-state index contributed by atoms with van der Waals surface area (Å²) < 4.78 is 2.32. The molecule has 0 rings (SSSR count). The van der Waals surface area contributed by atoms with Crippen LogP contribution in [0.15, 0.2) is 0 Å². The first-order valence-electron chi connectivity index (χ1n) is 8.59. The van der Waals surface area contributed by atoms with Crippen LogP contribution in [0.2, 0.25) is 0 Å². The van der Waals surface area contributed by atoms with Crippen LogP contribution in [0.3, 0.4) is 0 Å². The van der Waals surface area contributed by atoms with Crippen LogP contribution in [0.4, 0.5) is 0 Å². The molecule has 0 atom stereocenters. The third-order valence-corrected chi connectivity index (χ3v) is 5.60. The largest absolute Gasteiger partial charge is 1.00 e. The molecule has 0 fully saturated rings. The first-order valence-corrected chi connectivity index (χ1v) is 10.1. The van der Waals surface area contributed by atoms with Gasteiger partial charge in [0.15, 0.2) is 0 Å². The molecular formula is C18H35ClIN. The van der Waals surface area contributed by atoms with Crippen LogP contribution in [0.1, 0.15) is 78.1 Å². The fourth-order valence-corrected chi connectivity index (χ4v) is 3.65. The minimum atomic E-state index is 0. The molecule has 0 aliphatic heterocycles. The number of rotatable bonds is 14. The number of unbranched alkanes of at least 4 members (excludes halogenated alkanes) is 8. The van der Waals surface area contributed by atoms with Crippen molar-refractivity contribution in [3.8, 4) is 12.3 Å². The molecule has 0 bridgehead atoms. The quantitative estimate of drug-likeness (QED) is 0.0998. The summed E-state index contributed by atoms with van der Waals surface area (Å²) in [5, 5.41) is 0. The van der Waals surface area contributed by atoms with Gasteiger partial charge in [0.25, 0.3) is 0 Å². The van der Waals surface area contributed by atoms with Gasteiger partial charge in [0, 0.05) is 0 Å². The van der Waals surface area contributed by atoms with Gasteiger partial charge in [-0.2, -0.15) is 0 Å². The Labute approximate surface area is 153 Å². The number of hydrogen-bond acceptors (Lipinski definition) is 0. The second-order valence-corrected chi connectivity index (χ2v) is 6.78. The Kier molecular flexibility index (Phi) is 19.2. The average Bonchev–Trinajstić information content (AvgIpc) is 2.46. The summed E-state index contributed by atoms with van der Waals surface area (Å²) in [6.07, 6.45) is 19.3.